The van der Waals surface area contributed by atoms with Crippen molar-refractivity contribution in [1.29, 1.82) is 0 Å². The molecule has 6 nitrogen and oxygen atoms in total. The van der Waals surface area contributed by atoms with Crippen LogP contribution < -0.4 is 0 Å². The molecule has 0 N–H and O–H groups in total. The van der Waals surface area contributed by atoms with Gasteiger partial charge in [-0.15, -0.1) is 0 Å². The first kappa shape index (κ1) is 25.0. The Labute approximate surface area is 215 Å². The lowest BCUT2D eigenvalue weighted by Gasteiger charge is -2.37. The van der Waals surface area contributed by atoms with Gasteiger partial charge in [-0.25, -0.2) is 0 Å². The zero-order chi connectivity index (χ0) is 25.2. The number of piperazine rings is 1. The molecule has 0 atom stereocenters. The Bertz CT molecular complexity index is 1170. The highest BCUT2D eigenvalue weighted by atomic mass is 16.2. The normalized spacial score (nSPS) is 18.6. The lowest BCUT2D eigenvalue weighted by molar-refractivity contribution is 0.0595. The molecule has 2 saturated heterocycles. The lowest BCUT2D eigenvalue weighted by atomic mass is 9.88. The van der Waals surface area contributed by atoms with E-state index in [4.69, 9.17) is 0 Å². The molecule has 0 saturated carbocycles. The van der Waals surface area contributed by atoms with Gasteiger partial charge < -0.3 is 14.4 Å². The zero-order valence-corrected chi connectivity index (χ0v) is 22.4. The first-order chi connectivity index (χ1) is 17.4. The summed E-state index contributed by atoms with van der Waals surface area (Å²) >= 11 is 0. The summed E-state index contributed by atoms with van der Waals surface area (Å²) in [4.78, 5) is 24.9. The molecule has 0 radical (unpaired) electrons. The molecule has 0 spiro atoms. The Morgan fingerprint density at radius 1 is 1.00 bits per heavy atom. The van der Waals surface area contributed by atoms with E-state index >= 15 is 0 Å². The molecule has 2 aliphatic rings. The molecule has 0 unspecified atom stereocenters. The summed E-state index contributed by atoms with van der Waals surface area (Å²) in [6.07, 6.45) is 8.39. The van der Waals surface area contributed by atoms with Gasteiger partial charge in [0.05, 0.1) is 17.4 Å². The number of nitrogens with zero attached hydrogens (tertiary/aromatic N) is 5. The first-order valence-corrected chi connectivity index (χ1v) is 13.7. The predicted octanol–water partition coefficient (Wildman–Crippen LogP) is 5.03. The van der Waals surface area contributed by atoms with Crippen LogP contribution in [-0.2, 0) is 0 Å². The smallest absolute Gasteiger partial charge is 0.254 e. The fourth-order valence-corrected chi connectivity index (χ4v) is 5.99. The van der Waals surface area contributed by atoms with Crippen LogP contribution in [0, 0.1) is 5.92 Å². The van der Waals surface area contributed by atoms with Gasteiger partial charge in [0, 0.05) is 62.1 Å². The van der Waals surface area contributed by atoms with Gasteiger partial charge in [0.25, 0.3) is 5.91 Å². The predicted molar refractivity (Wildman–Crippen MR) is 147 cm³/mol. The Hall–Kier alpha value is -2.70. The van der Waals surface area contributed by atoms with E-state index in [0.717, 1.165) is 56.0 Å². The van der Waals surface area contributed by atoms with Crippen LogP contribution in [0.1, 0.15) is 62.4 Å². The molecule has 36 heavy (non-hydrogen) atoms. The Morgan fingerprint density at radius 2 is 1.75 bits per heavy atom. The van der Waals surface area contributed by atoms with Crippen molar-refractivity contribution in [2.24, 2.45) is 5.92 Å². The van der Waals surface area contributed by atoms with Gasteiger partial charge in [-0.05, 0) is 81.4 Å². The Morgan fingerprint density at radius 3 is 2.39 bits per heavy atom. The van der Waals surface area contributed by atoms with E-state index in [9.17, 15) is 4.79 Å². The van der Waals surface area contributed by atoms with Crippen LogP contribution in [0.5, 0.6) is 0 Å². The van der Waals surface area contributed by atoms with Crippen molar-refractivity contribution >= 4 is 16.8 Å². The minimum absolute atomic E-state index is 0.141. The number of benzene rings is 1. The molecule has 2 fully saturated rings. The van der Waals surface area contributed by atoms with Crippen LogP contribution in [0.25, 0.3) is 16.6 Å². The first-order valence-electron chi connectivity index (χ1n) is 13.7. The molecule has 4 heterocycles. The molecule has 1 amide bonds. The fraction of sp³-hybridized carbons (Fsp3) is 0.533. The zero-order valence-electron chi connectivity index (χ0n) is 22.4. The molecular formula is C30H41N5O. The van der Waals surface area contributed by atoms with Crippen LogP contribution in [-0.4, -0.2) is 82.0 Å². The molecular weight excluding hydrogens is 446 g/mol. The quantitative estimate of drug-likeness (QED) is 0.489. The van der Waals surface area contributed by atoms with Gasteiger partial charge in [-0.1, -0.05) is 19.9 Å². The van der Waals surface area contributed by atoms with Crippen molar-refractivity contribution in [3.63, 3.8) is 0 Å². The number of amides is 1. The Kier molecular flexibility index (Phi) is 7.44. The number of piperidine rings is 1. The molecule has 5 rings (SSSR count). The van der Waals surface area contributed by atoms with E-state index in [-0.39, 0.29) is 5.91 Å². The molecule has 2 aromatic heterocycles. The average molecular weight is 488 g/mol. The number of likely N-dealkylation sites (tertiary alicyclic amines) is 1. The van der Waals surface area contributed by atoms with Gasteiger partial charge >= 0.3 is 0 Å². The fourth-order valence-electron chi connectivity index (χ4n) is 5.99. The van der Waals surface area contributed by atoms with Gasteiger partial charge in [0.2, 0.25) is 0 Å². The summed E-state index contributed by atoms with van der Waals surface area (Å²) in [5.41, 5.74) is 4.33. The number of pyridine rings is 1. The summed E-state index contributed by atoms with van der Waals surface area (Å²) < 4.78 is 2.24. The van der Waals surface area contributed by atoms with Crippen LogP contribution in [0.15, 0.2) is 48.9 Å². The molecule has 6 heteroatoms. The minimum atomic E-state index is 0.141. The van der Waals surface area contributed by atoms with E-state index in [2.05, 4.69) is 71.4 Å². The van der Waals surface area contributed by atoms with Crippen LogP contribution in [0.2, 0.25) is 0 Å². The van der Waals surface area contributed by atoms with Gasteiger partial charge in [-0.2, -0.15) is 0 Å². The van der Waals surface area contributed by atoms with Crippen molar-refractivity contribution in [2.75, 3.05) is 45.8 Å². The summed E-state index contributed by atoms with van der Waals surface area (Å²) in [7, 11) is 0. The van der Waals surface area contributed by atoms with Crippen molar-refractivity contribution in [3.8, 4) is 5.69 Å². The summed E-state index contributed by atoms with van der Waals surface area (Å²) in [5, 5.41) is 1.27. The van der Waals surface area contributed by atoms with Crippen LogP contribution >= 0.6 is 0 Å². The van der Waals surface area contributed by atoms with Gasteiger partial charge in [0.15, 0.2) is 0 Å². The molecule has 1 aromatic carbocycles. The highest BCUT2D eigenvalue weighted by Crippen LogP contribution is 2.36. The Balaban J connectivity index is 1.44. The van der Waals surface area contributed by atoms with E-state index in [0.29, 0.717) is 17.9 Å². The van der Waals surface area contributed by atoms with Crippen LogP contribution in [0.3, 0.4) is 0 Å². The number of hydrogen-bond donors (Lipinski definition) is 0. The molecule has 0 bridgehead atoms. The maximum atomic E-state index is 13.5. The highest BCUT2D eigenvalue weighted by Gasteiger charge is 2.27. The monoisotopic (exact) mass is 487 g/mol. The summed E-state index contributed by atoms with van der Waals surface area (Å²) in [6.45, 7) is 16.0. The number of carbonyl (C=O) groups is 1. The van der Waals surface area contributed by atoms with Gasteiger partial charge in [0.1, 0.15) is 0 Å². The van der Waals surface area contributed by atoms with E-state index < -0.39 is 0 Å². The summed E-state index contributed by atoms with van der Waals surface area (Å²) in [6, 6.07) is 10.9. The largest absolute Gasteiger partial charge is 0.336 e. The number of hydrogen-bond acceptors (Lipinski definition) is 4. The molecule has 0 aliphatic carbocycles. The number of carbonyl (C=O) groups excluding carboxylic acids is 1. The average Bonchev–Trinajstić information content (AvgIpc) is 3.28. The number of rotatable bonds is 6. The SMILES string of the molecule is CC(C)CN1CCC(c2cn(-c3cccnc3)c3cc(C(=O)N4CCN(C(C)C)CC4)ccc23)CC1. The number of aromatic nitrogens is 2. The highest BCUT2D eigenvalue weighted by molar-refractivity contribution is 5.99. The van der Waals surface area contributed by atoms with E-state index in [1.54, 1.807) is 0 Å². The van der Waals surface area contributed by atoms with E-state index in [1.165, 1.54) is 30.3 Å². The van der Waals surface area contributed by atoms with E-state index in [1.807, 2.05) is 29.4 Å². The second kappa shape index (κ2) is 10.7. The third kappa shape index (κ3) is 5.21. The second-order valence-corrected chi connectivity index (χ2v) is 11.3. The maximum Gasteiger partial charge on any atom is 0.254 e. The number of fused-ring (bicyclic) bond motifs is 1. The third-order valence-corrected chi connectivity index (χ3v) is 7.99. The minimum Gasteiger partial charge on any atom is -0.336 e. The van der Waals surface area contributed by atoms with Crippen LogP contribution in [0.4, 0.5) is 0 Å². The van der Waals surface area contributed by atoms with Gasteiger partial charge in [-0.3, -0.25) is 14.7 Å². The summed E-state index contributed by atoms with van der Waals surface area (Å²) in [5.74, 6) is 1.39. The molecule has 3 aromatic rings. The topological polar surface area (TPSA) is 44.6 Å². The maximum absolute atomic E-state index is 13.5. The van der Waals surface area contributed by atoms with Crippen molar-refractivity contribution < 1.29 is 4.79 Å². The van der Waals surface area contributed by atoms with Crippen molar-refractivity contribution in [3.05, 3.63) is 60.0 Å². The third-order valence-electron chi connectivity index (χ3n) is 7.99. The molecule has 192 valence electrons. The van der Waals surface area contributed by atoms with Crippen molar-refractivity contribution in [2.45, 2.75) is 52.5 Å². The lowest BCUT2D eigenvalue weighted by Crippen LogP contribution is -2.50. The standard InChI is InChI=1S/C30H41N5O/c1-22(2)20-32-12-9-24(10-13-32)28-21-35(26-6-5-11-31-19-26)29-18-25(7-8-27(28)29)30(36)34-16-14-33(15-17-34)23(3)4/h5-8,11,18-19,21-24H,9-10,12-17,20H2,1-4H3. The second-order valence-electron chi connectivity index (χ2n) is 11.3. The molecule has 2 aliphatic heterocycles. The van der Waals surface area contributed by atoms with Crippen molar-refractivity contribution in [1.82, 2.24) is 24.3 Å².